The van der Waals surface area contributed by atoms with E-state index in [0.717, 1.165) is 5.76 Å². The topological polar surface area (TPSA) is 91.9 Å². The fourth-order valence-electron chi connectivity index (χ4n) is 3.00. The number of hydrazine groups is 1. The van der Waals surface area contributed by atoms with Gasteiger partial charge in [-0.1, -0.05) is 0 Å². The van der Waals surface area contributed by atoms with Crippen molar-refractivity contribution in [3.8, 4) is 0 Å². The Hall–Kier alpha value is -2.09. The third-order valence-electron chi connectivity index (χ3n) is 4.18. The molecule has 1 aromatic rings. The summed E-state index contributed by atoms with van der Waals surface area (Å²) in [5.41, 5.74) is -0.640. The molecular weight excluding hydrogens is 264 g/mol. The van der Waals surface area contributed by atoms with Gasteiger partial charge in [-0.15, -0.1) is 5.01 Å². The Kier molecular flexibility index (Phi) is 3.09. The van der Waals surface area contributed by atoms with Crippen LogP contribution >= 0.6 is 0 Å². The van der Waals surface area contributed by atoms with Gasteiger partial charge in [0.1, 0.15) is 11.3 Å². The molecule has 2 fully saturated rings. The van der Waals surface area contributed by atoms with E-state index in [-0.39, 0.29) is 19.0 Å². The van der Waals surface area contributed by atoms with E-state index in [1.807, 2.05) is 17.0 Å². The van der Waals surface area contributed by atoms with Crippen molar-refractivity contribution in [1.82, 2.24) is 15.2 Å². The van der Waals surface area contributed by atoms with Gasteiger partial charge in [0, 0.05) is 0 Å². The molecule has 0 aromatic carbocycles. The van der Waals surface area contributed by atoms with Crippen molar-refractivity contribution in [3.05, 3.63) is 34.3 Å². The van der Waals surface area contributed by atoms with E-state index in [1.54, 1.807) is 6.26 Å². The summed E-state index contributed by atoms with van der Waals surface area (Å²) in [6.07, 6.45) is 2.52. The molecule has 3 heterocycles. The molecule has 8 nitrogen and oxygen atoms in total. The summed E-state index contributed by atoms with van der Waals surface area (Å²) >= 11 is 0. The SMILES string of the molecule is O=C1NCN(Cc2ccco2)C12CCN([N+](=O)[O-])CC2. The Morgan fingerprint density at radius 1 is 1.45 bits per heavy atom. The third-order valence-corrected chi connectivity index (χ3v) is 4.18. The van der Waals surface area contributed by atoms with E-state index in [1.165, 1.54) is 5.01 Å². The average Bonchev–Trinajstić information content (AvgIpc) is 3.04. The fourth-order valence-corrected chi connectivity index (χ4v) is 3.00. The zero-order valence-corrected chi connectivity index (χ0v) is 10.9. The second-order valence-electron chi connectivity index (χ2n) is 5.16. The number of nitrogens with one attached hydrogen (secondary N) is 1. The van der Waals surface area contributed by atoms with Crippen LogP contribution in [0.15, 0.2) is 22.8 Å². The third kappa shape index (κ3) is 2.01. The molecule has 1 amide bonds. The predicted octanol–water partition coefficient (Wildman–Crippen LogP) is 0.195. The van der Waals surface area contributed by atoms with Crippen LogP contribution in [0.2, 0.25) is 0 Å². The van der Waals surface area contributed by atoms with E-state index in [0.29, 0.717) is 26.1 Å². The van der Waals surface area contributed by atoms with Crippen LogP contribution in [0.1, 0.15) is 18.6 Å². The number of furan rings is 1. The van der Waals surface area contributed by atoms with Crippen molar-refractivity contribution in [1.29, 1.82) is 0 Å². The van der Waals surface area contributed by atoms with Gasteiger partial charge in [0.25, 0.3) is 0 Å². The molecule has 2 aliphatic heterocycles. The molecule has 1 aromatic heterocycles. The Labute approximate surface area is 115 Å². The van der Waals surface area contributed by atoms with Gasteiger partial charge < -0.3 is 9.73 Å². The maximum atomic E-state index is 12.2. The van der Waals surface area contributed by atoms with Crippen molar-refractivity contribution in [2.75, 3.05) is 19.8 Å². The van der Waals surface area contributed by atoms with Crippen molar-refractivity contribution >= 4 is 5.91 Å². The highest BCUT2D eigenvalue weighted by Crippen LogP contribution is 2.33. The molecule has 20 heavy (non-hydrogen) atoms. The van der Waals surface area contributed by atoms with Crippen molar-refractivity contribution < 1.29 is 14.2 Å². The summed E-state index contributed by atoms with van der Waals surface area (Å²) in [6, 6.07) is 3.67. The average molecular weight is 280 g/mol. The highest BCUT2D eigenvalue weighted by Gasteiger charge is 2.51. The number of carbonyl (C=O) groups is 1. The monoisotopic (exact) mass is 280 g/mol. The molecule has 1 N–H and O–H groups in total. The maximum absolute atomic E-state index is 12.2. The summed E-state index contributed by atoms with van der Waals surface area (Å²) in [7, 11) is 0. The normalized spacial score (nSPS) is 22.2. The predicted molar refractivity (Wildman–Crippen MR) is 67.8 cm³/mol. The standard InChI is InChI=1S/C12H16N4O4/c17-11-12(3-5-15(6-4-12)16(18)19)14(9-13-11)8-10-2-1-7-20-10/h1-2,7H,3-6,8-9H2,(H,13,17). The summed E-state index contributed by atoms with van der Waals surface area (Å²) in [5, 5.41) is 14.4. The smallest absolute Gasteiger partial charge is 0.241 e. The van der Waals surface area contributed by atoms with Crippen LogP contribution in [0.4, 0.5) is 0 Å². The molecule has 2 saturated heterocycles. The number of nitrogens with zero attached hydrogens (tertiary/aromatic N) is 3. The van der Waals surface area contributed by atoms with Crippen molar-refractivity contribution in [3.63, 3.8) is 0 Å². The first-order valence-electron chi connectivity index (χ1n) is 6.57. The second kappa shape index (κ2) is 4.78. The highest BCUT2D eigenvalue weighted by atomic mass is 16.7. The van der Waals surface area contributed by atoms with E-state index in [9.17, 15) is 14.9 Å². The van der Waals surface area contributed by atoms with Crippen LogP contribution < -0.4 is 5.32 Å². The molecule has 0 aliphatic carbocycles. The summed E-state index contributed by atoms with van der Waals surface area (Å²) in [6.45, 7) is 1.56. The summed E-state index contributed by atoms with van der Waals surface area (Å²) in [4.78, 5) is 25.0. The van der Waals surface area contributed by atoms with Crippen LogP contribution in [0.5, 0.6) is 0 Å². The van der Waals surface area contributed by atoms with E-state index in [2.05, 4.69) is 5.32 Å². The van der Waals surface area contributed by atoms with Gasteiger partial charge in [-0.3, -0.25) is 9.69 Å². The van der Waals surface area contributed by atoms with Crippen LogP contribution in [-0.2, 0) is 11.3 Å². The first-order valence-corrected chi connectivity index (χ1v) is 6.57. The zero-order chi connectivity index (χ0) is 14.2. The van der Waals surface area contributed by atoms with Crippen LogP contribution in [0, 0.1) is 10.1 Å². The lowest BCUT2D eigenvalue weighted by Crippen LogP contribution is -2.56. The molecule has 0 atom stereocenters. The van der Waals surface area contributed by atoms with Crippen molar-refractivity contribution in [2.45, 2.75) is 24.9 Å². The lowest BCUT2D eigenvalue weighted by Gasteiger charge is -2.39. The van der Waals surface area contributed by atoms with Gasteiger partial charge >= 0.3 is 0 Å². The largest absolute Gasteiger partial charge is 0.468 e. The van der Waals surface area contributed by atoms with Gasteiger partial charge in [-0.2, -0.15) is 0 Å². The molecule has 0 radical (unpaired) electrons. The van der Waals surface area contributed by atoms with E-state index >= 15 is 0 Å². The van der Waals surface area contributed by atoms with E-state index in [4.69, 9.17) is 4.42 Å². The van der Waals surface area contributed by atoms with Gasteiger partial charge in [-0.25, -0.2) is 10.1 Å². The van der Waals surface area contributed by atoms with Crippen LogP contribution in [0.3, 0.4) is 0 Å². The first-order chi connectivity index (χ1) is 9.62. The molecule has 8 heteroatoms. The quantitative estimate of drug-likeness (QED) is 0.628. The minimum absolute atomic E-state index is 0.0351. The molecule has 3 rings (SSSR count). The Morgan fingerprint density at radius 3 is 2.80 bits per heavy atom. The maximum Gasteiger partial charge on any atom is 0.241 e. The fraction of sp³-hybridized carbons (Fsp3) is 0.583. The number of carbonyl (C=O) groups excluding carboxylic acids is 1. The summed E-state index contributed by atoms with van der Waals surface area (Å²) in [5.74, 6) is 0.754. The molecule has 0 bridgehead atoms. The first kappa shape index (κ1) is 12.9. The van der Waals surface area contributed by atoms with Crippen LogP contribution in [0.25, 0.3) is 0 Å². The number of hydrogen-bond donors (Lipinski definition) is 1. The lowest BCUT2D eigenvalue weighted by atomic mass is 9.86. The molecule has 0 unspecified atom stereocenters. The molecular formula is C12H16N4O4. The molecule has 0 saturated carbocycles. The Morgan fingerprint density at radius 2 is 2.20 bits per heavy atom. The number of amides is 1. The van der Waals surface area contributed by atoms with E-state index < -0.39 is 10.6 Å². The lowest BCUT2D eigenvalue weighted by molar-refractivity contribution is -0.658. The molecule has 108 valence electrons. The Balaban J connectivity index is 1.75. The Bertz CT molecular complexity index is 508. The minimum Gasteiger partial charge on any atom is -0.468 e. The van der Waals surface area contributed by atoms with Crippen LogP contribution in [-0.4, -0.2) is 46.1 Å². The molecule has 2 aliphatic rings. The number of piperidine rings is 1. The van der Waals surface area contributed by atoms with Crippen molar-refractivity contribution in [2.24, 2.45) is 0 Å². The number of rotatable bonds is 3. The van der Waals surface area contributed by atoms with Gasteiger partial charge in [-0.05, 0) is 25.0 Å². The van der Waals surface area contributed by atoms with Gasteiger partial charge in [0.15, 0.2) is 5.03 Å². The molecule has 1 spiro atoms. The highest BCUT2D eigenvalue weighted by molar-refractivity contribution is 5.88. The van der Waals surface area contributed by atoms with Gasteiger partial charge in [0.05, 0.1) is 32.6 Å². The summed E-state index contributed by atoms with van der Waals surface area (Å²) < 4.78 is 5.32. The second-order valence-corrected chi connectivity index (χ2v) is 5.16. The van der Waals surface area contributed by atoms with Gasteiger partial charge in [0.2, 0.25) is 5.91 Å². The zero-order valence-electron chi connectivity index (χ0n) is 10.9. The minimum atomic E-state index is -0.640. The number of nitro groups is 1. The number of hydrogen-bond acceptors (Lipinski definition) is 5.